The van der Waals surface area contributed by atoms with Gasteiger partial charge >= 0.3 is 0 Å². The van der Waals surface area contributed by atoms with Gasteiger partial charge in [0.1, 0.15) is 18.2 Å². The van der Waals surface area contributed by atoms with E-state index in [0.717, 1.165) is 19.0 Å². The van der Waals surface area contributed by atoms with Crippen LogP contribution in [0.2, 0.25) is 0 Å². The van der Waals surface area contributed by atoms with E-state index in [4.69, 9.17) is 4.74 Å². The number of hydrogen-bond acceptors (Lipinski definition) is 2. The van der Waals surface area contributed by atoms with Crippen LogP contribution < -0.4 is 10.1 Å². The Morgan fingerprint density at radius 2 is 2.29 bits per heavy atom. The number of nitrogens with zero attached hydrogens (tertiary/aromatic N) is 2. The molecule has 0 unspecified atom stereocenters. The minimum absolute atomic E-state index is 0.282. The van der Waals surface area contributed by atoms with Gasteiger partial charge in [0.25, 0.3) is 0 Å². The summed E-state index contributed by atoms with van der Waals surface area (Å²) in [5.41, 5.74) is 0.343. The molecule has 0 amide bonds. The molecule has 1 fully saturated rings. The van der Waals surface area contributed by atoms with Gasteiger partial charge in [0.15, 0.2) is 5.96 Å². The molecule has 5 heteroatoms. The number of guanidine groups is 1. The summed E-state index contributed by atoms with van der Waals surface area (Å²) in [6.45, 7) is 7.69. The molecule has 0 saturated carbocycles. The van der Waals surface area contributed by atoms with Crippen molar-refractivity contribution in [2.45, 2.75) is 20.3 Å². The molecule has 0 aromatic heterocycles. The van der Waals surface area contributed by atoms with Crippen LogP contribution in [0, 0.1) is 11.2 Å². The highest BCUT2D eigenvalue weighted by Gasteiger charge is 2.30. The molecule has 21 heavy (non-hydrogen) atoms. The average Bonchev–Trinajstić information content (AvgIpc) is 2.79. The van der Waals surface area contributed by atoms with Crippen molar-refractivity contribution in [3.8, 4) is 5.75 Å². The number of halogens is 1. The first-order valence-electron chi connectivity index (χ1n) is 7.34. The fourth-order valence-corrected chi connectivity index (χ4v) is 2.51. The molecule has 1 aromatic carbocycles. The zero-order valence-electron chi connectivity index (χ0n) is 13.0. The molecular formula is C16H24FN3O. The monoisotopic (exact) mass is 293 g/mol. The Morgan fingerprint density at radius 1 is 1.48 bits per heavy atom. The number of nitrogens with one attached hydrogen (secondary N) is 1. The largest absolute Gasteiger partial charge is 0.492 e. The Labute approximate surface area is 126 Å². The lowest BCUT2D eigenvalue weighted by atomic mass is 9.93. The van der Waals surface area contributed by atoms with Crippen LogP contribution in [0.1, 0.15) is 20.3 Å². The van der Waals surface area contributed by atoms with Gasteiger partial charge in [0.2, 0.25) is 0 Å². The van der Waals surface area contributed by atoms with Crippen molar-refractivity contribution in [3.05, 3.63) is 30.1 Å². The second kappa shape index (κ2) is 6.78. The zero-order chi connectivity index (χ0) is 15.3. The predicted octanol–water partition coefficient (Wildman–Crippen LogP) is 2.51. The maximum atomic E-state index is 13.0. The molecule has 2 rings (SSSR count). The molecule has 0 spiro atoms. The van der Waals surface area contributed by atoms with Crippen LogP contribution in [0.5, 0.6) is 5.75 Å². The summed E-state index contributed by atoms with van der Waals surface area (Å²) in [6.07, 6.45) is 1.17. The Morgan fingerprint density at radius 3 is 2.90 bits per heavy atom. The molecule has 1 saturated heterocycles. The van der Waals surface area contributed by atoms with Gasteiger partial charge in [-0.3, -0.25) is 4.99 Å². The fraction of sp³-hybridized carbons (Fsp3) is 0.562. The summed E-state index contributed by atoms with van der Waals surface area (Å²) in [4.78, 5) is 6.58. The number of hydrogen-bond donors (Lipinski definition) is 1. The summed E-state index contributed by atoms with van der Waals surface area (Å²) in [7, 11) is 1.79. The first-order valence-corrected chi connectivity index (χ1v) is 7.34. The number of benzene rings is 1. The van der Waals surface area contributed by atoms with Crippen LogP contribution in [0.4, 0.5) is 4.39 Å². The van der Waals surface area contributed by atoms with Crippen molar-refractivity contribution in [1.82, 2.24) is 10.2 Å². The second-order valence-corrected chi connectivity index (χ2v) is 6.12. The molecule has 1 heterocycles. The summed E-state index contributed by atoms with van der Waals surface area (Å²) < 4.78 is 18.5. The van der Waals surface area contributed by atoms with Crippen LogP contribution in [0.25, 0.3) is 0 Å². The van der Waals surface area contributed by atoms with Gasteiger partial charge in [-0.15, -0.1) is 0 Å². The minimum Gasteiger partial charge on any atom is -0.492 e. The van der Waals surface area contributed by atoms with Gasteiger partial charge in [-0.2, -0.15) is 0 Å². The van der Waals surface area contributed by atoms with Gasteiger partial charge in [-0.25, -0.2) is 4.39 Å². The van der Waals surface area contributed by atoms with Crippen LogP contribution in [-0.4, -0.2) is 44.1 Å². The standard InChI is InChI=1S/C16H24FN3O/c1-16(2)7-9-20(12-16)15(18-3)19-8-10-21-14-6-4-5-13(17)11-14/h4-6,11H,7-10,12H2,1-3H3,(H,18,19). The number of aliphatic imine (C=N–C) groups is 1. The van der Waals surface area contributed by atoms with Gasteiger partial charge < -0.3 is 15.0 Å². The van der Waals surface area contributed by atoms with E-state index in [2.05, 4.69) is 29.1 Å². The lowest BCUT2D eigenvalue weighted by Gasteiger charge is -2.23. The molecule has 4 nitrogen and oxygen atoms in total. The molecule has 1 aromatic rings. The van der Waals surface area contributed by atoms with E-state index < -0.39 is 0 Å². The normalized spacial score (nSPS) is 17.9. The summed E-state index contributed by atoms with van der Waals surface area (Å²) in [5.74, 6) is 1.17. The van der Waals surface area contributed by atoms with Crippen molar-refractivity contribution < 1.29 is 9.13 Å². The van der Waals surface area contributed by atoms with Gasteiger partial charge in [-0.1, -0.05) is 19.9 Å². The van der Waals surface area contributed by atoms with Crippen molar-refractivity contribution in [3.63, 3.8) is 0 Å². The molecule has 1 N–H and O–H groups in total. The fourth-order valence-electron chi connectivity index (χ4n) is 2.51. The number of likely N-dealkylation sites (tertiary alicyclic amines) is 1. The molecule has 1 aliphatic heterocycles. The third kappa shape index (κ3) is 4.62. The number of rotatable bonds is 4. The molecule has 1 aliphatic rings. The van der Waals surface area contributed by atoms with Crippen molar-refractivity contribution in [1.29, 1.82) is 0 Å². The molecule has 0 atom stereocenters. The first kappa shape index (κ1) is 15.6. The predicted molar refractivity (Wildman–Crippen MR) is 83.2 cm³/mol. The van der Waals surface area contributed by atoms with E-state index in [1.165, 1.54) is 18.6 Å². The van der Waals surface area contributed by atoms with E-state index >= 15 is 0 Å². The third-order valence-electron chi connectivity index (χ3n) is 3.64. The van der Waals surface area contributed by atoms with Gasteiger partial charge in [0, 0.05) is 26.2 Å². The Kier molecular flexibility index (Phi) is 5.04. The van der Waals surface area contributed by atoms with Crippen molar-refractivity contribution in [2.75, 3.05) is 33.3 Å². The van der Waals surface area contributed by atoms with Crippen LogP contribution in [0.3, 0.4) is 0 Å². The number of ether oxygens (including phenoxy) is 1. The van der Waals surface area contributed by atoms with Gasteiger partial charge in [-0.05, 0) is 24.0 Å². The average molecular weight is 293 g/mol. The third-order valence-corrected chi connectivity index (χ3v) is 3.64. The summed E-state index contributed by atoms with van der Waals surface area (Å²) in [6, 6.07) is 6.18. The van der Waals surface area contributed by atoms with Crippen molar-refractivity contribution >= 4 is 5.96 Å². The lowest BCUT2D eigenvalue weighted by molar-refractivity contribution is 0.316. The van der Waals surface area contributed by atoms with E-state index in [0.29, 0.717) is 24.3 Å². The smallest absolute Gasteiger partial charge is 0.193 e. The van der Waals surface area contributed by atoms with Crippen molar-refractivity contribution in [2.24, 2.45) is 10.4 Å². The zero-order valence-corrected chi connectivity index (χ0v) is 13.0. The molecule has 0 bridgehead atoms. The molecular weight excluding hydrogens is 269 g/mol. The first-order chi connectivity index (χ1) is 10.00. The Hall–Kier alpha value is -1.78. The maximum Gasteiger partial charge on any atom is 0.193 e. The van der Waals surface area contributed by atoms with E-state index in [9.17, 15) is 4.39 Å². The Bertz CT molecular complexity index is 502. The highest BCUT2D eigenvalue weighted by atomic mass is 19.1. The Balaban J connectivity index is 1.74. The maximum absolute atomic E-state index is 13.0. The minimum atomic E-state index is -0.282. The van der Waals surface area contributed by atoms with Gasteiger partial charge in [0.05, 0.1) is 6.54 Å². The summed E-state index contributed by atoms with van der Waals surface area (Å²) in [5, 5.41) is 3.29. The highest BCUT2D eigenvalue weighted by molar-refractivity contribution is 5.80. The topological polar surface area (TPSA) is 36.9 Å². The molecule has 0 aliphatic carbocycles. The highest BCUT2D eigenvalue weighted by Crippen LogP contribution is 2.28. The second-order valence-electron chi connectivity index (χ2n) is 6.12. The van der Waals surface area contributed by atoms with E-state index in [-0.39, 0.29) is 5.82 Å². The van der Waals surface area contributed by atoms with Crippen LogP contribution in [-0.2, 0) is 0 Å². The van der Waals surface area contributed by atoms with E-state index in [1.807, 2.05) is 0 Å². The lowest BCUT2D eigenvalue weighted by Crippen LogP contribution is -2.42. The quantitative estimate of drug-likeness (QED) is 0.526. The van der Waals surface area contributed by atoms with E-state index in [1.54, 1.807) is 19.2 Å². The SMILES string of the molecule is CN=C(NCCOc1cccc(F)c1)N1CCC(C)(C)C1. The molecule has 116 valence electrons. The summed E-state index contributed by atoms with van der Waals surface area (Å²) >= 11 is 0. The van der Waals surface area contributed by atoms with Crippen LogP contribution >= 0.6 is 0 Å². The van der Waals surface area contributed by atoms with Crippen LogP contribution in [0.15, 0.2) is 29.3 Å². The molecule has 0 radical (unpaired) electrons.